The number of benzene rings is 1. The first-order chi connectivity index (χ1) is 9.45. The summed E-state index contributed by atoms with van der Waals surface area (Å²) in [5, 5.41) is 1.04. The van der Waals surface area contributed by atoms with Gasteiger partial charge in [-0.15, -0.1) is 0 Å². The average Bonchev–Trinajstić information content (AvgIpc) is 2.80. The Morgan fingerprint density at radius 2 is 1.95 bits per heavy atom. The molecule has 0 aliphatic heterocycles. The molecule has 2 aromatic heterocycles. The van der Waals surface area contributed by atoms with Gasteiger partial charge in [0.25, 0.3) is 0 Å². The molecule has 0 spiro atoms. The second-order valence-corrected chi connectivity index (χ2v) is 6.30. The van der Waals surface area contributed by atoms with Crippen LogP contribution in [0.1, 0.15) is 26.5 Å². The molecule has 0 amide bonds. The van der Waals surface area contributed by atoms with E-state index in [1.54, 1.807) is 6.26 Å². The molecule has 102 valence electrons. The van der Waals surface area contributed by atoms with Crippen LogP contribution in [-0.2, 0) is 5.41 Å². The number of fused-ring (bicyclic) bond motifs is 1. The van der Waals surface area contributed by atoms with Crippen molar-refractivity contribution in [2.45, 2.75) is 26.2 Å². The van der Waals surface area contributed by atoms with Gasteiger partial charge in [0, 0.05) is 16.5 Å². The highest BCUT2D eigenvalue weighted by Gasteiger charge is 2.17. The topological polar surface area (TPSA) is 41.8 Å². The van der Waals surface area contributed by atoms with E-state index < -0.39 is 0 Å². The number of H-pyrrole nitrogens is 1. The van der Waals surface area contributed by atoms with Crippen LogP contribution in [0.5, 0.6) is 0 Å². The highest BCUT2D eigenvalue weighted by atomic mass is 32.1. The Labute approximate surface area is 122 Å². The van der Waals surface area contributed by atoms with Crippen LogP contribution in [0.15, 0.2) is 41.0 Å². The van der Waals surface area contributed by atoms with E-state index in [4.69, 9.17) is 16.6 Å². The summed E-state index contributed by atoms with van der Waals surface area (Å²) in [5.41, 5.74) is 2.85. The van der Waals surface area contributed by atoms with Crippen LogP contribution in [0.2, 0.25) is 0 Å². The Bertz CT molecular complexity index is 824. The van der Waals surface area contributed by atoms with Crippen molar-refractivity contribution in [2.75, 3.05) is 0 Å². The number of hydrogen-bond donors (Lipinski definition) is 1. The second-order valence-electron chi connectivity index (χ2n) is 5.88. The van der Waals surface area contributed by atoms with Crippen molar-refractivity contribution in [1.29, 1.82) is 0 Å². The van der Waals surface area contributed by atoms with Gasteiger partial charge in [-0.05, 0) is 12.1 Å². The molecule has 1 N–H and O–H groups in total. The maximum Gasteiger partial charge on any atom is 0.143 e. The molecule has 0 radical (unpaired) electrons. The first-order valence-electron chi connectivity index (χ1n) is 6.53. The molecule has 0 saturated heterocycles. The molecule has 3 aromatic rings. The Balaban J connectivity index is 2.25. The molecule has 0 aliphatic rings. The predicted molar refractivity (Wildman–Crippen MR) is 83.3 cm³/mol. The van der Waals surface area contributed by atoms with Crippen molar-refractivity contribution in [3.63, 3.8) is 0 Å². The number of para-hydroxylation sites is 1. The number of furan rings is 1. The Morgan fingerprint density at radius 1 is 1.20 bits per heavy atom. The summed E-state index contributed by atoms with van der Waals surface area (Å²) in [7, 11) is 0. The maximum absolute atomic E-state index is 5.57. The van der Waals surface area contributed by atoms with E-state index in [1.807, 2.05) is 30.3 Å². The summed E-state index contributed by atoms with van der Waals surface area (Å²) in [6.07, 6.45) is 1.73. The van der Waals surface area contributed by atoms with Crippen LogP contribution >= 0.6 is 12.2 Å². The van der Waals surface area contributed by atoms with Crippen LogP contribution in [0.25, 0.3) is 22.4 Å². The Hall–Kier alpha value is -1.94. The second kappa shape index (κ2) is 4.56. The van der Waals surface area contributed by atoms with Gasteiger partial charge >= 0.3 is 0 Å². The molecule has 2 heterocycles. The van der Waals surface area contributed by atoms with Crippen molar-refractivity contribution < 1.29 is 4.42 Å². The lowest BCUT2D eigenvalue weighted by Gasteiger charge is -2.19. The van der Waals surface area contributed by atoms with E-state index in [1.165, 1.54) is 0 Å². The number of rotatable bonds is 1. The summed E-state index contributed by atoms with van der Waals surface area (Å²) in [6, 6.07) is 9.83. The Kier molecular flexibility index (Phi) is 2.98. The minimum atomic E-state index is -0.00914. The molecule has 0 atom stereocenters. The molecule has 0 fully saturated rings. The van der Waals surface area contributed by atoms with Crippen molar-refractivity contribution in [2.24, 2.45) is 0 Å². The zero-order chi connectivity index (χ0) is 14.3. The van der Waals surface area contributed by atoms with Gasteiger partial charge in [0.15, 0.2) is 0 Å². The van der Waals surface area contributed by atoms with Gasteiger partial charge in [0.05, 0.1) is 5.56 Å². The maximum atomic E-state index is 5.57. The summed E-state index contributed by atoms with van der Waals surface area (Å²) < 4.78 is 6.17. The fraction of sp³-hybridized carbons (Fsp3) is 0.250. The lowest BCUT2D eigenvalue weighted by Crippen LogP contribution is -2.14. The van der Waals surface area contributed by atoms with E-state index in [0.29, 0.717) is 4.64 Å². The molecule has 0 aliphatic carbocycles. The summed E-state index contributed by atoms with van der Waals surface area (Å²) >= 11 is 5.29. The SMILES string of the molecule is CC(C)(C)c1cc(=S)nc(-c2coc3ccccc23)[nH]1. The zero-order valence-corrected chi connectivity index (χ0v) is 12.5. The standard InChI is InChI=1S/C16H16N2OS/c1-16(2,3)13-8-14(20)18-15(17-13)11-9-19-12-7-5-4-6-10(11)12/h4-9H,1-3H3,(H,17,18,20). The minimum absolute atomic E-state index is 0.00914. The molecule has 0 unspecified atom stereocenters. The normalized spacial score (nSPS) is 11.9. The van der Waals surface area contributed by atoms with Crippen LogP contribution in [0.4, 0.5) is 0 Å². The van der Waals surface area contributed by atoms with E-state index in [9.17, 15) is 0 Å². The highest BCUT2D eigenvalue weighted by molar-refractivity contribution is 7.71. The highest BCUT2D eigenvalue weighted by Crippen LogP contribution is 2.29. The van der Waals surface area contributed by atoms with Crippen LogP contribution in [0.3, 0.4) is 0 Å². The number of hydrogen-bond acceptors (Lipinski definition) is 3. The molecule has 3 rings (SSSR count). The van der Waals surface area contributed by atoms with Crippen molar-refractivity contribution in [3.8, 4) is 11.4 Å². The molecule has 20 heavy (non-hydrogen) atoms. The third-order valence-corrected chi connectivity index (χ3v) is 3.50. The van der Waals surface area contributed by atoms with Gasteiger partial charge in [-0.3, -0.25) is 0 Å². The first kappa shape index (κ1) is 13.1. The van der Waals surface area contributed by atoms with Crippen molar-refractivity contribution in [1.82, 2.24) is 9.97 Å². The third-order valence-electron chi connectivity index (χ3n) is 3.29. The molecule has 1 aromatic carbocycles. The van der Waals surface area contributed by atoms with Gasteiger partial charge in [0.1, 0.15) is 22.3 Å². The minimum Gasteiger partial charge on any atom is -0.464 e. The smallest absolute Gasteiger partial charge is 0.143 e. The van der Waals surface area contributed by atoms with Crippen LogP contribution < -0.4 is 0 Å². The summed E-state index contributed by atoms with van der Waals surface area (Å²) in [4.78, 5) is 7.82. The van der Waals surface area contributed by atoms with Crippen molar-refractivity contribution in [3.05, 3.63) is 46.9 Å². The summed E-state index contributed by atoms with van der Waals surface area (Å²) in [5.74, 6) is 0.757. The van der Waals surface area contributed by atoms with Gasteiger partial charge in [-0.2, -0.15) is 0 Å². The third kappa shape index (κ3) is 2.27. The number of aromatic amines is 1. The fourth-order valence-electron chi connectivity index (χ4n) is 2.15. The van der Waals surface area contributed by atoms with Crippen LogP contribution in [0, 0.1) is 4.64 Å². The molecule has 3 nitrogen and oxygen atoms in total. The number of nitrogens with zero attached hydrogens (tertiary/aromatic N) is 1. The first-order valence-corrected chi connectivity index (χ1v) is 6.94. The lowest BCUT2D eigenvalue weighted by molar-refractivity contribution is 0.567. The molecule has 0 bridgehead atoms. The van der Waals surface area contributed by atoms with Gasteiger partial charge < -0.3 is 9.40 Å². The largest absolute Gasteiger partial charge is 0.464 e. The average molecular weight is 284 g/mol. The number of nitrogens with one attached hydrogen (secondary N) is 1. The fourth-order valence-corrected chi connectivity index (χ4v) is 2.36. The Morgan fingerprint density at radius 3 is 2.70 bits per heavy atom. The van der Waals surface area contributed by atoms with E-state index in [2.05, 4.69) is 30.7 Å². The molecular formula is C16H16N2OS. The van der Waals surface area contributed by atoms with Gasteiger partial charge in [-0.25, -0.2) is 4.98 Å². The molecular weight excluding hydrogens is 268 g/mol. The van der Waals surface area contributed by atoms with Gasteiger partial charge in [0.2, 0.25) is 0 Å². The van der Waals surface area contributed by atoms with Gasteiger partial charge in [-0.1, -0.05) is 51.2 Å². The van der Waals surface area contributed by atoms with E-state index in [0.717, 1.165) is 28.1 Å². The monoisotopic (exact) mass is 284 g/mol. The quantitative estimate of drug-likeness (QED) is 0.649. The zero-order valence-electron chi connectivity index (χ0n) is 11.7. The van der Waals surface area contributed by atoms with Crippen LogP contribution in [-0.4, -0.2) is 9.97 Å². The molecule has 4 heteroatoms. The van der Waals surface area contributed by atoms with E-state index >= 15 is 0 Å². The van der Waals surface area contributed by atoms with E-state index in [-0.39, 0.29) is 5.41 Å². The summed E-state index contributed by atoms with van der Waals surface area (Å²) in [6.45, 7) is 6.43. The predicted octanol–water partition coefficient (Wildman–Crippen LogP) is 4.85. The lowest BCUT2D eigenvalue weighted by atomic mass is 9.92. The number of aromatic nitrogens is 2. The molecule has 0 saturated carbocycles. The van der Waals surface area contributed by atoms with Crippen molar-refractivity contribution >= 4 is 23.2 Å².